The SMILES string of the molecule is Nc1ccc(C(=O)Nc2ccc(S(N)(=O)=O)cc2Br)cc1. The molecule has 0 heterocycles. The third-order valence-electron chi connectivity index (χ3n) is 2.69. The van der Waals surface area contributed by atoms with E-state index in [4.69, 9.17) is 10.9 Å². The second kappa shape index (κ2) is 5.84. The molecule has 0 aliphatic rings. The molecule has 1 amide bonds. The molecule has 0 unspecified atom stereocenters. The average Bonchev–Trinajstić information content (AvgIpc) is 2.40. The summed E-state index contributed by atoms with van der Waals surface area (Å²) in [6.07, 6.45) is 0. The van der Waals surface area contributed by atoms with Gasteiger partial charge in [0.05, 0.1) is 10.6 Å². The molecule has 0 fully saturated rings. The summed E-state index contributed by atoms with van der Waals surface area (Å²) in [5.41, 5.74) is 6.98. The van der Waals surface area contributed by atoms with Gasteiger partial charge in [-0.1, -0.05) is 0 Å². The van der Waals surface area contributed by atoms with Gasteiger partial charge in [-0.3, -0.25) is 4.79 Å². The maximum atomic E-state index is 12.0. The lowest BCUT2D eigenvalue weighted by Gasteiger charge is -2.09. The fourth-order valence-electron chi connectivity index (χ4n) is 1.60. The van der Waals surface area contributed by atoms with Gasteiger partial charge in [-0.25, -0.2) is 13.6 Å². The smallest absolute Gasteiger partial charge is 0.255 e. The molecule has 0 aliphatic heterocycles. The lowest BCUT2D eigenvalue weighted by molar-refractivity contribution is 0.102. The molecule has 0 aromatic heterocycles. The van der Waals surface area contributed by atoms with Gasteiger partial charge in [0, 0.05) is 15.7 Å². The number of sulfonamides is 1. The van der Waals surface area contributed by atoms with Crippen molar-refractivity contribution >= 4 is 43.2 Å². The zero-order chi connectivity index (χ0) is 15.6. The number of carbonyl (C=O) groups excluding carboxylic acids is 1. The Hall–Kier alpha value is -1.90. The van der Waals surface area contributed by atoms with Gasteiger partial charge in [0.2, 0.25) is 10.0 Å². The lowest BCUT2D eigenvalue weighted by Crippen LogP contribution is -2.14. The Morgan fingerprint density at radius 2 is 1.71 bits per heavy atom. The summed E-state index contributed by atoms with van der Waals surface area (Å²) >= 11 is 3.20. The van der Waals surface area contributed by atoms with E-state index in [9.17, 15) is 13.2 Å². The van der Waals surface area contributed by atoms with Crippen LogP contribution in [0.2, 0.25) is 0 Å². The molecule has 0 radical (unpaired) electrons. The number of hydrogen-bond acceptors (Lipinski definition) is 4. The highest BCUT2D eigenvalue weighted by molar-refractivity contribution is 9.10. The minimum atomic E-state index is -3.78. The summed E-state index contributed by atoms with van der Waals surface area (Å²) in [5.74, 6) is -0.334. The van der Waals surface area contributed by atoms with E-state index in [0.717, 1.165) is 0 Å². The summed E-state index contributed by atoms with van der Waals surface area (Å²) in [7, 11) is -3.78. The predicted molar refractivity (Wildman–Crippen MR) is 84.3 cm³/mol. The van der Waals surface area contributed by atoms with Gasteiger partial charge in [0.1, 0.15) is 0 Å². The first-order chi connectivity index (χ1) is 9.77. The number of benzene rings is 2. The molecule has 2 rings (SSSR count). The first kappa shape index (κ1) is 15.5. The minimum absolute atomic E-state index is 0.0418. The second-order valence-electron chi connectivity index (χ2n) is 4.26. The van der Waals surface area contributed by atoms with Crippen LogP contribution in [0.5, 0.6) is 0 Å². The number of halogens is 1. The fourth-order valence-corrected chi connectivity index (χ4v) is 2.77. The van der Waals surface area contributed by atoms with Gasteiger partial charge in [-0.05, 0) is 58.4 Å². The monoisotopic (exact) mass is 369 g/mol. The topological polar surface area (TPSA) is 115 Å². The van der Waals surface area contributed by atoms with Crippen LogP contribution in [0.1, 0.15) is 10.4 Å². The molecule has 0 saturated heterocycles. The van der Waals surface area contributed by atoms with Crippen LogP contribution in [0, 0.1) is 0 Å². The molecule has 0 bridgehead atoms. The van der Waals surface area contributed by atoms with Gasteiger partial charge >= 0.3 is 0 Å². The lowest BCUT2D eigenvalue weighted by atomic mass is 10.2. The molecule has 21 heavy (non-hydrogen) atoms. The number of amides is 1. The molecule has 8 heteroatoms. The highest BCUT2D eigenvalue weighted by Gasteiger charge is 2.12. The zero-order valence-corrected chi connectivity index (χ0v) is 13.1. The molecule has 6 nitrogen and oxygen atoms in total. The van der Waals surface area contributed by atoms with E-state index in [-0.39, 0.29) is 10.8 Å². The maximum absolute atomic E-state index is 12.0. The first-order valence-electron chi connectivity index (χ1n) is 5.76. The van der Waals surface area contributed by atoms with Crippen molar-refractivity contribution in [3.05, 3.63) is 52.5 Å². The maximum Gasteiger partial charge on any atom is 0.255 e. The van der Waals surface area contributed by atoms with Crippen LogP contribution in [0.25, 0.3) is 0 Å². The number of anilines is 2. The summed E-state index contributed by atoms with van der Waals surface area (Å²) in [5, 5.41) is 7.70. The predicted octanol–water partition coefficient (Wildman–Crippen LogP) is 1.93. The third kappa shape index (κ3) is 3.81. The number of primary sulfonamides is 1. The number of rotatable bonds is 3. The van der Waals surface area contributed by atoms with Crippen LogP contribution in [0.15, 0.2) is 51.8 Å². The van der Waals surface area contributed by atoms with E-state index in [1.54, 1.807) is 24.3 Å². The van der Waals surface area contributed by atoms with Gasteiger partial charge < -0.3 is 11.1 Å². The highest BCUT2D eigenvalue weighted by Crippen LogP contribution is 2.25. The average molecular weight is 370 g/mol. The van der Waals surface area contributed by atoms with Crippen molar-refractivity contribution in [2.75, 3.05) is 11.1 Å². The second-order valence-corrected chi connectivity index (χ2v) is 6.68. The number of nitrogen functional groups attached to an aromatic ring is 1. The minimum Gasteiger partial charge on any atom is -0.399 e. The van der Waals surface area contributed by atoms with Crippen LogP contribution in [-0.2, 0) is 10.0 Å². The van der Waals surface area contributed by atoms with Crippen molar-refractivity contribution in [1.82, 2.24) is 0 Å². The molecule has 2 aromatic rings. The standard InChI is InChI=1S/C13H12BrN3O3S/c14-11-7-10(21(16,19)20)5-6-12(11)17-13(18)8-1-3-9(15)4-2-8/h1-7H,15H2,(H,17,18)(H2,16,19,20). The molecule has 5 N–H and O–H groups in total. The van der Waals surface area contributed by atoms with E-state index in [0.29, 0.717) is 21.4 Å². The molecule has 0 spiro atoms. The molecule has 2 aromatic carbocycles. The third-order valence-corrected chi connectivity index (χ3v) is 4.26. The molecular formula is C13H12BrN3O3S. The van der Waals surface area contributed by atoms with E-state index in [1.807, 2.05) is 0 Å². The largest absolute Gasteiger partial charge is 0.399 e. The zero-order valence-electron chi connectivity index (χ0n) is 10.7. The molecule has 110 valence electrons. The van der Waals surface area contributed by atoms with E-state index < -0.39 is 10.0 Å². The van der Waals surface area contributed by atoms with Crippen molar-refractivity contribution < 1.29 is 13.2 Å². The Balaban J connectivity index is 2.24. The van der Waals surface area contributed by atoms with Crippen LogP contribution in [0.3, 0.4) is 0 Å². The van der Waals surface area contributed by atoms with E-state index >= 15 is 0 Å². The Bertz CT molecular complexity index is 789. The number of nitrogens with two attached hydrogens (primary N) is 2. The first-order valence-corrected chi connectivity index (χ1v) is 8.10. The molecule has 0 atom stereocenters. The molecule has 0 aliphatic carbocycles. The van der Waals surface area contributed by atoms with Crippen molar-refractivity contribution in [2.24, 2.45) is 5.14 Å². The fraction of sp³-hybridized carbons (Fsp3) is 0. The Morgan fingerprint density at radius 1 is 1.10 bits per heavy atom. The number of carbonyl (C=O) groups is 1. The Labute approximate surface area is 130 Å². The van der Waals surface area contributed by atoms with Crippen molar-refractivity contribution in [2.45, 2.75) is 4.90 Å². The van der Waals surface area contributed by atoms with Crippen LogP contribution >= 0.6 is 15.9 Å². The summed E-state index contributed by atoms with van der Waals surface area (Å²) in [6.45, 7) is 0. The molecule has 0 saturated carbocycles. The highest BCUT2D eigenvalue weighted by atomic mass is 79.9. The number of nitrogens with one attached hydrogen (secondary N) is 1. The normalized spacial score (nSPS) is 11.1. The van der Waals surface area contributed by atoms with Gasteiger partial charge in [0.15, 0.2) is 0 Å². The van der Waals surface area contributed by atoms with Crippen LogP contribution in [0.4, 0.5) is 11.4 Å². The number of hydrogen-bond donors (Lipinski definition) is 3. The van der Waals surface area contributed by atoms with Crippen molar-refractivity contribution in [3.8, 4) is 0 Å². The quantitative estimate of drug-likeness (QED) is 0.716. The summed E-state index contributed by atoms with van der Waals surface area (Å²) in [4.78, 5) is 12.0. The van der Waals surface area contributed by atoms with Gasteiger partial charge in [0.25, 0.3) is 5.91 Å². The van der Waals surface area contributed by atoms with E-state index in [2.05, 4.69) is 21.2 Å². The van der Waals surface area contributed by atoms with Gasteiger partial charge in [-0.2, -0.15) is 0 Å². The Morgan fingerprint density at radius 3 is 2.24 bits per heavy atom. The summed E-state index contributed by atoms with van der Waals surface area (Å²) < 4.78 is 22.9. The van der Waals surface area contributed by atoms with E-state index in [1.165, 1.54) is 18.2 Å². The summed E-state index contributed by atoms with van der Waals surface area (Å²) in [6, 6.07) is 10.5. The van der Waals surface area contributed by atoms with Crippen LogP contribution in [-0.4, -0.2) is 14.3 Å². The van der Waals surface area contributed by atoms with Crippen LogP contribution < -0.4 is 16.2 Å². The van der Waals surface area contributed by atoms with Crippen molar-refractivity contribution in [1.29, 1.82) is 0 Å². The molecular weight excluding hydrogens is 358 g/mol. The Kier molecular flexibility index (Phi) is 4.31. The van der Waals surface area contributed by atoms with Gasteiger partial charge in [-0.15, -0.1) is 0 Å². The van der Waals surface area contributed by atoms with Crippen molar-refractivity contribution in [3.63, 3.8) is 0 Å².